The zero-order valence-electron chi connectivity index (χ0n) is 13.5. The van der Waals surface area contributed by atoms with Crippen molar-refractivity contribution in [3.8, 4) is 0 Å². The van der Waals surface area contributed by atoms with Gasteiger partial charge in [0.15, 0.2) is 0 Å². The van der Waals surface area contributed by atoms with Crippen LogP contribution in [0.4, 0.5) is 16.2 Å². The van der Waals surface area contributed by atoms with Gasteiger partial charge in [-0.15, -0.1) is 0 Å². The molecule has 1 aliphatic rings. The fourth-order valence-corrected chi connectivity index (χ4v) is 2.75. The minimum Gasteiger partial charge on any atom is -0.372 e. The third-order valence-corrected chi connectivity index (χ3v) is 4.00. The molecular formula is C17H26N4O2. The molecule has 0 saturated carbocycles. The molecular weight excluding hydrogens is 292 g/mol. The second-order valence-corrected chi connectivity index (χ2v) is 5.89. The Morgan fingerprint density at radius 1 is 1.04 bits per heavy atom. The van der Waals surface area contributed by atoms with Crippen molar-refractivity contribution in [1.82, 2.24) is 5.32 Å². The quantitative estimate of drug-likeness (QED) is 0.675. The molecule has 1 fully saturated rings. The summed E-state index contributed by atoms with van der Waals surface area (Å²) in [6.45, 7) is 2.74. The van der Waals surface area contributed by atoms with E-state index < -0.39 is 6.03 Å². The molecule has 1 aromatic carbocycles. The third-order valence-electron chi connectivity index (χ3n) is 4.00. The van der Waals surface area contributed by atoms with Crippen molar-refractivity contribution in [2.45, 2.75) is 38.5 Å². The highest BCUT2D eigenvalue weighted by Gasteiger charge is 2.10. The molecule has 0 spiro atoms. The van der Waals surface area contributed by atoms with E-state index in [1.165, 1.54) is 24.9 Å². The van der Waals surface area contributed by atoms with Crippen molar-refractivity contribution < 1.29 is 9.59 Å². The summed E-state index contributed by atoms with van der Waals surface area (Å²) in [7, 11) is 0. The van der Waals surface area contributed by atoms with Gasteiger partial charge in [0.05, 0.1) is 0 Å². The fraction of sp³-hybridized carbons (Fsp3) is 0.529. The molecule has 1 saturated heterocycles. The van der Waals surface area contributed by atoms with Crippen molar-refractivity contribution in [2.24, 2.45) is 5.73 Å². The molecule has 2 rings (SSSR count). The van der Waals surface area contributed by atoms with E-state index in [1.54, 1.807) is 0 Å². The molecule has 1 aliphatic heterocycles. The Balaban J connectivity index is 1.70. The van der Waals surface area contributed by atoms with Crippen molar-refractivity contribution in [1.29, 1.82) is 0 Å². The Hall–Kier alpha value is -2.24. The predicted octanol–water partition coefficient (Wildman–Crippen LogP) is 2.45. The van der Waals surface area contributed by atoms with Crippen LogP contribution in [0.2, 0.25) is 0 Å². The van der Waals surface area contributed by atoms with Crippen LogP contribution in [0.1, 0.15) is 38.5 Å². The number of hydrogen-bond donors (Lipinski definition) is 3. The molecule has 0 bridgehead atoms. The van der Waals surface area contributed by atoms with Gasteiger partial charge in [0, 0.05) is 37.4 Å². The number of nitrogens with two attached hydrogens (primary N) is 1. The first-order chi connectivity index (χ1) is 11.1. The van der Waals surface area contributed by atoms with Gasteiger partial charge in [0.2, 0.25) is 5.91 Å². The smallest absolute Gasteiger partial charge is 0.312 e. The number of hydrogen-bond acceptors (Lipinski definition) is 3. The molecule has 23 heavy (non-hydrogen) atoms. The summed E-state index contributed by atoms with van der Waals surface area (Å²) in [5.74, 6) is -0.00482. The van der Waals surface area contributed by atoms with E-state index in [2.05, 4.69) is 27.7 Å². The van der Waals surface area contributed by atoms with Gasteiger partial charge in [0.1, 0.15) is 0 Å². The predicted molar refractivity (Wildman–Crippen MR) is 92.6 cm³/mol. The summed E-state index contributed by atoms with van der Waals surface area (Å²) in [4.78, 5) is 24.8. The Morgan fingerprint density at radius 2 is 1.74 bits per heavy atom. The van der Waals surface area contributed by atoms with E-state index in [9.17, 15) is 9.59 Å². The maximum atomic E-state index is 11.9. The summed E-state index contributed by atoms with van der Waals surface area (Å²) >= 11 is 0. The molecule has 4 N–H and O–H groups in total. The van der Waals surface area contributed by atoms with E-state index in [-0.39, 0.29) is 5.91 Å². The SMILES string of the molecule is NC(=O)NCCCCC(=O)Nc1ccc(N2CCCCC2)cc1. The number of carbonyl (C=O) groups excluding carboxylic acids is 2. The third kappa shape index (κ3) is 6.18. The average Bonchev–Trinajstić information content (AvgIpc) is 2.56. The fourth-order valence-electron chi connectivity index (χ4n) is 2.75. The van der Waals surface area contributed by atoms with Gasteiger partial charge in [-0.2, -0.15) is 0 Å². The summed E-state index contributed by atoms with van der Waals surface area (Å²) in [6.07, 6.45) is 5.72. The molecule has 1 aromatic rings. The normalized spacial score (nSPS) is 14.3. The minimum atomic E-state index is -0.525. The first-order valence-corrected chi connectivity index (χ1v) is 8.33. The van der Waals surface area contributed by atoms with Crippen molar-refractivity contribution >= 4 is 23.3 Å². The van der Waals surface area contributed by atoms with Crippen LogP contribution in [0.5, 0.6) is 0 Å². The summed E-state index contributed by atoms with van der Waals surface area (Å²) in [5.41, 5.74) is 7.02. The highest BCUT2D eigenvalue weighted by Crippen LogP contribution is 2.21. The Kier molecular flexibility index (Phi) is 6.72. The van der Waals surface area contributed by atoms with Crippen LogP contribution in [0, 0.1) is 0 Å². The minimum absolute atomic E-state index is 0.00482. The molecule has 1 heterocycles. The number of anilines is 2. The Morgan fingerprint density at radius 3 is 2.39 bits per heavy atom. The van der Waals surface area contributed by atoms with Gasteiger partial charge < -0.3 is 21.3 Å². The van der Waals surface area contributed by atoms with Gasteiger partial charge >= 0.3 is 6.03 Å². The lowest BCUT2D eigenvalue weighted by Crippen LogP contribution is -2.30. The molecule has 3 amide bonds. The van der Waals surface area contributed by atoms with Crippen molar-refractivity contribution in [2.75, 3.05) is 29.9 Å². The average molecular weight is 318 g/mol. The van der Waals surface area contributed by atoms with Gasteiger partial charge in [0.25, 0.3) is 0 Å². The van der Waals surface area contributed by atoms with Gasteiger partial charge in [-0.05, 0) is 56.4 Å². The van der Waals surface area contributed by atoms with Crippen LogP contribution >= 0.6 is 0 Å². The lowest BCUT2D eigenvalue weighted by atomic mass is 10.1. The van der Waals surface area contributed by atoms with Gasteiger partial charge in [-0.3, -0.25) is 4.79 Å². The number of rotatable bonds is 7. The Bertz CT molecular complexity index is 510. The standard InChI is InChI=1S/C17H26N4O2/c18-17(23)19-11-3-2-6-16(22)20-14-7-9-15(10-8-14)21-12-4-1-5-13-21/h7-10H,1-6,11-13H2,(H,20,22)(H3,18,19,23). The molecule has 6 nitrogen and oxygen atoms in total. The number of primary amides is 1. The number of benzene rings is 1. The van der Waals surface area contributed by atoms with Crippen LogP contribution in [0.15, 0.2) is 24.3 Å². The number of carbonyl (C=O) groups is 2. The van der Waals surface area contributed by atoms with Gasteiger partial charge in [-0.25, -0.2) is 4.79 Å². The van der Waals surface area contributed by atoms with Gasteiger partial charge in [-0.1, -0.05) is 0 Å². The molecule has 0 radical (unpaired) electrons. The number of unbranched alkanes of at least 4 members (excludes halogenated alkanes) is 1. The number of piperidine rings is 1. The lowest BCUT2D eigenvalue weighted by molar-refractivity contribution is -0.116. The molecule has 0 atom stereocenters. The first kappa shape index (κ1) is 17.1. The van der Waals surface area contributed by atoms with Crippen LogP contribution in [-0.2, 0) is 4.79 Å². The highest BCUT2D eigenvalue weighted by molar-refractivity contribution is 5.90. The molecule has 0 aromatic heterocycles. The van der Waals surface area contributed by atoms with Crippen molar-refractivity contribution in [3.63, 3.8) is 0 Å². The topological polar surface area (TPSA) is 87.5 Å². The van der Waals surface area contributed by atoms with E-state index >= 15 is 0 Å². The highest BCUT2D eigenvalue weighted by atomic mass is 16.2. The maximum Gasteiger partial charge on any atom is 0.312 e. The maximum absolute atomic E-state index is 11.9. The van der Waals surface area contributed by atoms with E-state index in [0.717, 1.165) is 31.6 Å². The lowest BCUT2D eigenvalue weighted by Gasteiger charge is -2.28. The van der Waals surface area contributed by atoms with Crippen molar-refractivity contribution in [3.05, 3.63) is 24.3 Å². The van der Waals surface area contributed by atoms with Crippen LogP contribution in [0.25, 0.3) is 0 Å². The molecule has 126 valence electrons. The zero-order chi connectivity index (χ0) is 16.5. The molecule has 0 aliphatic carbocycles. The number of amides is 3. The second-order valence-electron chi connectivity index (χ2n) is 5.89. The van der Waals surface area contributed by atoms with Crippen LogP contribution in [-0.4, -0.2) is 31.6 Å². The monoisotopic (exact) mass is 318 g/mol. The molecule has 0 unspecified atom stereocenters. The van der Waals surface area contributed by atoms with Crippen LogP contribution < -0.4 is 21.3 Å². The van der Waals surface area contributed by atoms with E-state index in [4.69, 9.17) is 5.73 Å². The summed E-state index contributed by atoms with van der Waals surface area (Å²) < 4.78 is 0. The van der Waals surface area contributed by atoms with E-state index in [1.807, 2.05) is 12.1 Å². The summed E-state index contributed by atoms with van der Waals surface area (Å²) in [6, 6.07) is 7.52. The molecule has 6 heteroatoms. The number of nitrogens with one attached hydrogen (secondary N) is 2. The van der Waals surface area contributed by atoms with Crippen LogP contribution in [0.3, 0.4) is 0 Å². The number of urea groups is 1. The summed E-state index contributed by atoms with van der Waals surface area (Å²) in [5, 5.41) is 5.41. The number of nitrogens with zero attached hydrogens (tertiary/aromatic N) is 1. The first-order valence-electron chi connectivity index (χ1n) is 8.33. The second kappa shape index (κ2) is 9.02. The zero-order valence-corrected chi connectivity index (χ0v) is 13.5. The Labute approximate surface area is 137 Å². The van der Waals surface area contributed by atoms with E-state index in [0.29, 0.717) is 13.0 Å². The largest absolute Gasteiger partial charge is 0.372 e.